The molecule has 0 aliphatic carbocycles. The highest BCUT2D eigenvalue weighted by atomic mass is 14.9. The predicted octanol–water partition coefficient (Wildman–Crippen LogP) is 2.01. The third-order valence-electron chi connectivity index (χ3n) is 2.03. The van der Waals surface area contributed by atoms with Crippen molar-refractivity contribution >= 4 is 5.69 Å². The Morgan fingerprint density at radius 2 is 2.08 bits per heavy atom. The summed E-state index contributed by atoms with van der Waals surface area (Å²) in [6.07, 6.45) is 2.13. The largest absolute Gasteiger partial charge is 0.385 e. The van der Waals surface area contributed by atoms with Crippen LogP contribution in [0.15, 0.2) is 24.3 Å². The third-order valence-corrected chi connectivity index (χ3v) is 2.03. The molecule has 0 amide bonds. The van der Waals surface area contributed by atoms with Crippen molar-refractivity contribution in [1.82, 2.24) is 0 Å². The molecule has 0 aliphatic rings. The Morgan fingerprint density at radius 3 is 2.77 bits per heavy atom. The van der Waals surface area contributed by atoms with Crippen molar-refractivity contribution in [2.24, 2.45) is 5.73 Å². The minimum absolute atomic E-state index is 0.764. The van der Waals surface area contributed by atoms with Crippen LogP contribution in [0.3, 0.4) is 0 Å². The van der Waals surface area contributed by atoms with Crippen LogP contribution in [0.2, 0.25) is 0 Å². The van der Waals surface area contributed by atoms with Crippen LogP contribution in [0.25, 0.3) is 0 Å². The number of nitrogens with two attached hydrogens (primary N) is 1. The molecule has 0 atom stereocenters. The van der Waals surface area contributed by atoms with Crippen molar-refractivity contribution in [3.05, 3.63) is 29.8 Å². The molecule has 1 rings (SSSR count). The fourth-order valence-electron chi connectivity index (χ4n) is 1.39. The Hall–Kier alpha value is -1.02. The number of benzene rings is 1. The van der Waals surface area contributed by atoms with E-state index < -0.39 is 0 Å². The highest BCUT2D eigenvalue weighted by molar-refractivity contribution is 5.50. The van der Waals surface area contributed by atoms with Gasteiger partial charge in [0, 0.05) is 12.2 Å². The van der Waals surface area contributed by atoms with Crippen LogP contribution in [-0.2, 0) is 6.42 Å². The molecule has 72 valence electrons. The first-order valence-corrected chi connectivity index (χ1v) is 4.90. The average Bonchev–Trinajstić information content (AvgIpc) is 2.17. The van der Waals surface area contributed by atoms with Gasteiger partial charge in [-0.15, -0.1) is 0 Å². The van der Waals surface area contributed by atoms with Crippen molar-refractivity contribution in [2.45, 2.75) is 19.8 Å². The smallest absolute Gasteiger partial charge is 0.0372 e. The summed E-state index contributed by atoms with van der Waals surface area (Å²) in [5.41, 5.74) is 8.10. The molecule has 0 aliphatic heterocycles. The highest BCUT2D eigenvalue weighted by Gasteiger charge is 1.98. The number of para-hydroxylation sites is 1. The molecule has 0 heterocycles. The minimum atomic E-state index is 0.764. The lowest BCUT2D eigenvalue weighted by Gasteiger charge is -2.09. The van der Waals surface area contributed by atoms with Crippen LogP contribution in [-0.4, -0.2) is 13.1 Å². The molecule has 13 heavy (non-hydrogen) atoms. The van der Waals surface area contributed by atoms with Gasteiger partial charge in [-0.3, -0.25) is 0 Å². The number of hydrogen-bond acceptors (Lipinski definition) is 2. The van der Waals surface area contributed by atoms with Crippen LogP contribution in [0.1, 0.15) is 18.9 Å². The number of hydrogen-bond donors (Lipinski definition) is 2. The normalized spacial score (nSPS) is 10.0. The van der Waals surface area contributed by atoms with Crippen LogP contribution in [0, 0.1) is 0 Å². The summed E-state index contributed by atoms with van der Waals surface area (Å²) < 4.78 is 0. The molecular weight excluding hydrogens is 160 g/mol. The Balaban J connectivity index is 2.66. The van der Waals surface area contributed by atoms with E-state index in [1.165, 1.54) is 11.3 Å². The van der Waals surface area contributed by atoms with E-state index in [0.29, 0.717) is 0 Å². The predicted molar refractivity (Wildman–Crippen MR) is 58.0 cm³/mol. The van der Waals surface area contributed by atoms with Crippen LogP contribution < -0.4 is 11.1 Å². The second-order valence-electron chi connectivity index (χ2n) is 3.08. The summed E-state index contributed by atoms with van der Waals surface area (Å²) in [6.45, 7) is 3.85. The van der Waals surface area contributed by atoms with Crippen molar-refractivity contribution in [2.75, 3.05) is 18.4 Å². The summed E-state index contributed by atoms with van der Waals surface area (Å²) in [7, 11) is 0. The molecule has 0 unspecified atom stereocenters. The van der Waals surface area contributed by atoms with E-state index in [2.05, 4.69) is 36.5 Å². The zero-order chi connectivity index (χ0) is 9.52. The van der Waals surface area contributed by atoms with Gasteiger partial charge in [0.15, 0.2) is 0 Å². The number of aryl methyl sites for hydroxylation is 1. The van der Waals surface area contributed by atoms with E-state index >= 15 is 0 Å². The molecule has 0 bridgehead atoms. The molecule has 3 N–H and O–H groups in total. The van der Waals surface area contributed by atoms with Crippen LogP contribution in [0.5, 0.6) is 0 Å². The molecule has 0 spiro atoms. The van der Waals surface area contributed by atoms with Crippen molar-refractivity contribution in [3.63, 3.8) is 0 Å². The summed E-state index contributed by atoms with van der Waals surface area (Å²) >= 11 is 0. The topological polar surface area (TPSA) is 38.0 Å². The van der Waals surface area contributed by atoms with Crippen molar-refractivity contribution in [3.8, 4) is 0 Å². The Labute approximate surface area is 80.1 Å². The summed E-state index contributed by atoms with van der Waals surface area (Å²) in [6, 6.07) is 8.42. The molecule has 2 heteroatoms. The SMILES string of the molecule is CCNc1ccccc1CCCN. The minimum Gasteiger partial charge on any atom is -0.385 e. The van der Waals surface area contributed by atoms with E-state index in [-0.39, 0.29) is 0 Å². The lowest BCUT2D eigenvalue weighted by molar-refractivity contribution is 0.833. The summed E-state index contributed by atoms with van der Waals surface area (Å²) in [5.74, 6) is 0. The van der Waals surface area contributed by atoms with Gasteiger partial charge in [-0.05, 0) is 37.9 Å². The zero-order valence-electron chi connectivity index (χ0n) is 8.22. The molecule has 1 aromatic rings. The maximum Gasteiger partial charge on any atom is 0.0372 e. The third kappa shape index (κ3) is 3.07. The highest BCUT2D eigenvalue weighted by Crippen LogP contribution is 2.15. The van der Waals surface area contributed by atoms with E-state index in [9.17, 15) is 0 Å². The van der Waals surface area contributed by atoms with E-state index in [4.69, 9.17) is 5.73 Å². The molecule has 0 fully saturated rings. The van der Waals surface area contributed by atoms with Crippen molar-refractivity contribution in [1.29, 1.82) is 0 Å². The van der Waals surface area contributed by atoms with E-state index in [1.807, 2.05) is 0 Å². The monoisotopic (exact) mass is 178 g/mol. The Morgan fingerprint density at radius 1 is 1.31 bits per heavy atom. The van der Waals surface area contributed by atoms with Gasteiger partial charge < -0.3 is 11.1 Å². The van der Waals surface area contributed by atoms with Gasteiger partial charge in [-0.1, -0.05) is 18.2 Å². The molecule has 0 saturated carbocycles. The Bertz CT molecular complexity index is 246. The second-order valence-corrected chi connectivity index (χ2v) is 3.08. The van der Waals surface area contributed by atoms with Crippen LogP contribution in [0.4, 0.5) is 5.69 Å². The average molecular weight is 178 g/mol. The standard InChI is InChI=1S/C11H18N2/c1-2-13-11-8-4-3-6-10(11)7-5-9-12/h3-4,6,8,13H,2,5,7,9,12H2,1H3. The van der Waals surface area contributed by atoms with Gasteiger partial charge in [0.05, 0.1) is 0 Å². The molecule has 0 aromatic heterocycles. The maximum absolute atomic E-state index is 5.48. The molecular formula is C11H18N2. The van der Waals surface area contributed by atoms with Gasteiger partial charge >= 0.3 is 0 Å². The van der Waals surface area contributed by atoms with Gasteiger partial charge in [0.2, 0.25) is 0 Å². The fraction of sp³-hybridized carbons (Fsp3) is 0.455. The molecule has 1 aromatic carbocycles. The van der Waals surface area contributed by atoms with Crippen molar-refractivity contribution < 1.29 is 0 Å². The maximum atomic E-state index is 5.48. The second kappa shape index (κ2) is 5.60. The first-order chi connectivity index (χ1) is 6.38. The quantitative estimate of drug-likeness (QED) is 0.724. The number of anilines is 1. The molecule has 2 nitrogen and oxygen atoms in total. The first kappa shape index (κ1) is 10.1. The Kier molecular flexibility index (Phi) is 4.33. The van der Waals surface area contributed by atoms with Gasteiger partial charge in [-0.25, -0.2) is 0 Å². The first-order valence-electron chi connectivity index (χ1n) is 4.90. The van der Waals surface area contributed by atoms with Gasteiger partial charge in [0.25, 0.3) is 0 Å². The van der Waals surface area contributed by atoms with Gasteiger partial charge in [0.1, 0.15) is 0 Å². The summed E-state index contributed by atoms with van der Waals surface area (Å²) in [5, 5.41) is 3.34. The number of rotatable bonds is 5. The van der Waals surface area contributed by atoms with Crippen LogP contribution >= 0.6 is 0 Å². The fourth-order valence-corrected chi connectivity index (χ4v) is 1.39. The van der Waals surface area contributed by atoms with E-state index in [1.54, 1.807) is 0 Å². The lowest BCUT2D eigenvalue weighted by Crippen LogP contribution is -2.04. The number of nitrogens with one attached hydrogen (secondary N) is 1. The van der Waals surface area contributed by atoms with Gasteiger partial charge in [-0.2, -0.15) is 0 Å². The molecule has 0 saturated heterocycles. The van der Waals surface area contributed by atoms with E-state index in [0.717, 1.165) is 25.9 Å². The summed E-state index contributed by atoms with van der Waals surface area (Å²) in [4.78, 5) is 0. The zero-order valence-corrected chi connectivity index (χ0v) is 8.22. The lowest BCUT2D eigenvalue weighted by atomic mass is 10.1. The molecule has 0 radical (unpaired) electrons.